The Morgan fingerprint density at radius 3 is 2.38 bits per heavy atom. The number of alkyl halides is 2. The van der Waals surface area contributed by atoms with Crippen LogP contribution in [0.2, 0.25) is 0 Å². The van der Waals surface area contributed by atoms with Gasteiger partial charge in [-0.1, -0.05) is 13.8 Å². The van der Waals surface area contributed by atoms with Crippen molar-refractivity contribution in [2.45, 2.75) is 38.7 Å². The first kappa shape index (κ1) is 16.8. The minimum Gasteiger partial charge on any atom is -0.480 e. The molecule has 6 nitrogen and oxygen atoms in total. The van der Waals surface area contributed by atoms with Crippen molar-refractivity contribution >= 4 is 17.3 Å². The average molecular weight is 302 g/mol. The number of non-ortho nitro benzene ring substituents is 1. The summed E-state index contributed by atoms with van der Waals surface area (Å²) in [5, 5.41) is 22.5. The summed E-state index contributed by atoms with van der Waals surface area (Å²) in [6.07, 6.45) is -2.59. The molecule has 0 atom stereocenters. The predicted octanol–water partition coefficient (Wildman–Crippen LogP) is 3.59. The molecule has 1 rings (SSSR count). The normalized spacial score (nSPS) is 11.5. The van der Waals surface area contributed by atoms with Crippen molar-refractivity contribution in [1.82, 2.24) is 0 Å². The zero-order valence-electron chi connectivity index (χ0n) is 11.6. The SMILES string of the molecule is CCC(CC)(Nc1ccc([N+](=O)[O-])cc1C(F)F)C(=O)O. The lowest BCUT2D eigenvalue weighted by molar-refractivity contribution is -0.385. The largest absolute Gasteiger partial charge is 0.480 e. The molecule has 0 radical (unpaired) electrons. The van der Waals surface area contributed by atoms with Crippen LogP contribution in [0.3, 0.4) is 0 Å². The summed E-state index contributed by atoms with van der Waals surface area (Å²) in [5.41, 5.74) is -2.55. The summed E-state index contributed by atoms with van der Waals surface area (Å²) in [7, 11) is 0. The van der Waals surface area contributed by atoms with E-state index in [0.29, 0.717) is 0 Å². The molecule has 8 heteroatoms. The van der Waals surface area contributed by atoms with Crippen LogP contribution in [0.25, 0.3) is 0 Å². The molecule has 0 saturated heterocycles. The van der Waals surface area contributed by atoms with Gasteiger partial charge in [0.15, 0.2) is 0 Å². The molecule has 0 heterocycles. The van der Waals surface area contributed by atoms with Crippen LogP contribution in [-0.4, -0.2) is 21.5 Å². The fourth-order valence-corrected chi connectivity index (χ4v) is 2.00. The molecule has 0 amide bonds. The van der Waals surface area contributed by atoms with E-state index in [1.54, 1.807) is 13.8 Å². The first-order valence-electron chi connectivity index (χ1n) is 6.35. The van der Waals surface area contributed by atoms with Crippen LogP contribution in [0.5, 0.6) is 0 Å². The highest BCUT2D eigenvalue weighted by molar-refractivity contribution is 5.83. The number of aliphatic carboxylic acids is 1. The van der Waals surface area contributed by atoms with Crippen LogP contribution in [0, 0.1) is 10.1 Å². The van der Waals surface area contributed by atoms with Crippen molar-refractivity contribution < 1.29 is 23.6 Å². The van der Waals surface area contributed by atoms with Gasteiger partial charge in [0.2, 0.25) is 0 Å². The van der Waals surface area contributed by atoms with Gasteiger partial charge in [0, 0.05) is 23.4 Å². The number of nitrogens with zero attached hydrogens (tertiary/aromatic N) is 1. The quantitative estimate of drug-likeness (QED) is 0.593. The second-order valence-electron chi connectivity index (χ2n) is 4.55. The van der Waals surface area contributed by atoms with E-state index in [1.807, 2.05) is 0 Å². The summed E-state index contributed by atoms with van der Waals surface area (Å²) in [6.45, 7) is 3.25. The first-order chi connectivity index (χ1) is 9.77. The third kappa shape index (κ3) is 3.45. The molecule has 0 spiro atoms. The lowest BCUT2D eigenvalue weighted by atomic mass is 9.92. The van der Waals surface area contributed by atoms with Gasteiger partial charge < -0.3 is 10.4 Å². The van der Waals surface area contributed by atoms with Gasteiger partial charge in [0.05, 0.1) is 4.92 Å². The average Bonchev–Trinajstić information content (AvgIpc) is 2.44. The molecular weight excluding hydrogens is 286 g/mol. The molecule has 116 valence electrons. The Labute approximate surface area is 119 Å². The molecule has 0 aliphatic heterocycles. The molecule has 1 aromatic rings. The molecule has 2 N–H and O–H groups in total. The topological polar surface area (TPSA) is 92.5 Å². The van der Waals surface area contributed by atoms with Crippen molar-refractivity contribution in [3.05, 3.63) is 33.9 Å². The van der Waals surface area contributed by atoms with Gasteiger partial charge in [-0.15, -0.1) is 0 Å². The standard InChI is InChI=1S/C13H16F2N2O4/c1-3-13(4-2,12(18)19)16-10-6-5-8(17(20)21)7-9(10)11(14)15/h5-7,11,16H,3-4H2,1-2H3,(H,18,19). The second-order valence-corrected chi connectivity index (χ2v) is 4.55. The van der Waals surface area contributed by atoms with E-state index in [1.165, 1.54) is 0 Å². The number of rotatable bonds is 7. The fraction of sp³-hybridized carbons (Fsp3) is 0.462. The maximum absolute atomic E-state index is 13.0. The molecule has 0 fully saturated rings. The van der Waals surface area contributed by atoms with Crippen LogP contribution in [0.4, 0.5) is 20.2 Å². The summed E-state index contributed by atoms with van der Waals surface area (Å²) >= 11 is 0. The van der Waals surface area contributed by atoms with E-state index in [9.17, 15) is 28.8 Å². The zero-order valence-corrected chi connectivity index (χ0v) is 11.6. The molecule has 0 bridgehead atoms. The Balaban J connectivity index is 3.29. The number of hydrogen-bond donors (Lipinski definition) is 2. The third-order valence-corrected chi connectivity index (χ3v) is 3.47. The van der Waals surface area contributed by atoms with E-state index in [0.717, 1.165) is 18.2 Å². The van der Waals surface area contributed by atoms with Crippen molar-refractivity contribution in [1.29, 1.82) is 0 Å². The summed E-state index contributed by atoms with van der Waals surface area (Å²) in [5.74, 6) is -1.16. The highest BCUT2D eigenvalue weighted by Crippen LogP contribution is 2.33. The number of hydrogen-bond acceptors (Lipinski definition) is 4. The van der Waals surface area contributed by atoms with Crippen molar-refractivity contribution in [2.24, 2.45) is 0 Å². The molecule has 0 saturated carbocycles. The smallest absolute Gasteiger partial charge is 0.329 e. The molecule has 1 aromatic carbocycles. The van der Waals surface area contributed by atoms with Crippen LogP contribution in [0.15, 0.2) is 18.2 Å². The highest BCUT2D eigenvalue weighted by atomic mass is 19.3. The van der Waals surface area contributed by atoms with Crippen molar-refractivity contribution in [3.8, 4) is 0 Å². The van der Waals surface area contributed by atoms with E-state index in [4.69, 9.17) is 0 Å². The van der Waals surface area contributed by atoms with Gasteiger partial charge in [-0.25, -0.2) is 13.6 Å². The van der Waals surface area contributed by atoms with Gasteiger partial charge >= 0.3 is 5.97 Å². The summed E-state index contributed by atoms with van der Waals surface area (Å²) in [6, 6.07) is 2.93. The van der Waals surface area contributed by atoms with Gasteiger partial charge in [-0.05, 0) is 18.9 Å². The first-order valence-corrected chi connectivity index (χ1v) is 6.35. The Morgan fingerprint density at radius 1 is 1.43 bits per heavy atom. The molecule has 0 aliphatic rings. The van der Waals surface area contributed by atoms with Crippen LogP contribution >= 0.6 is 0 Å². The Hall–Kier alpha value is -2.25. The highest BCUT2D eigenvalue weighted by Gasteiger charge is 2.36. The van der Waals surface area contributed by atoms with Crippen LogP contribution in [-0.2, 0) is 4.79 Å². The lowest BCUT2D eigenvalue weighted by Gasteiger charge is -2.30. The number of anilines is 1. The lowest BCUT2D eigenvalue weighted by Crippen LogP contribution is -2.45. The number of carboxylic acids is 1. The number of carbonyl (C=O) groups is 1. The third-order valence-electron chi connectivity index (χ3n) is 3.47. The van der Waals surface area contributed by atoms with Crippen molar-refractivity contribution in [3.63, 3.8) is 0 Å². The summed E-state index contributed by atoms with van der Waals surface area (Å²) < 4.78 is 26.1. The van der Waals surface area contributed by atoms with E-state index in [2.05, 4.69) is 5.32 Å². The zero-order chi connectivity index (χ0) is 16.2. The van der Waals surface area contributed by atoms with Crippen molar-refractivity contribution in [2.75, 3.05) is 5.32 Å². The molecular formula is C13H16F2N2O4. The number of nitrogens with one attached hydrogen (secondary N) is 1. The number of nitro groups is 1. The Kier molecular flexibility index (Phi) is 5.17. The fourth-order valence-electron chi connectivity index (χ4n) is 2.00. The minimum atomic E-state index is -2.95. The van der Waals surface area contributed by atoms with E-state index in [-0.39, 0.29) is 18.5 Å². The maximum atomic E-state index is 13.0. The second kappa shape index (κ2) is 6.47. The Bertz CT molecular complexity index is 545. The monoisotopic (exact) mass is 302 g/mol. The number of carboxylic acid groups (broad SMARTS) is 1. The number of benzene rings is 1. The van der Waals surface area contributed by atoms with Gasteiger partial charge in [-0.3, -0.25) is 10.1 Å². The molecule has 0 unspecified atom stereocenters. The summed E-state index contributed by atoms with van der Waals surface area (Å²) in [4.78, 5) is 21.2. The number of halogens is 2. The van der Waals surface area contributed by atoms with E-state index >= 15 is 0 Å². The van der Waals surface area contributed by atoms with Gasteiger partial charge in [0.25, 0.3) is 12.1 Å². The van der Waals surface area contributed by atoms with Crippen LogP contribution < -0.4 is 5.32 Å². The van der Waals surface area contributed by atoms with Gasteiger partial charge in [0.1, 0.15) is 5.54 Å². The predicted molar refractivity (Wildman–Crippen MR) is 72.6 cm³/mol. The molecule has 21 heavy (non-hydrogen) atoms. The molecule has 0 aliphatic carbocycles. The maximum Gasteiger partial charge on any atom is 0.329 e. The molecule has 0 aromatic heterocycles. The minimum absolute atomic E-state index is 0.110. The number of nitro benzene ring substituents is 1. The Morgan fingerprint density at radius 2 is 2.00 bits per heavy atom. The van der Waals surface area contributed by atoms with E-state index < -0.39 is 34.1 Å². The van der Waals surface area contributed by atoms with Crippen LogP contribution in [0.1, 0.15) is 38.7 Å². The van der Waals surface area contributed by atoms with Gasteiger partial charge in [-0.2, -0.15) is 0 Å².